The van der Waals surface area contributed by atoms with Crippen molar-refractivity contribution in [1.82, 2.24) is 10.2 Å². The van der Waals surface area contributed by atoms with E-state index in [1.807, 2.05) is 0 Å². The Kier molecular flexibility index (Phi) is 3.61. The molecule has 1 N–H and O–H groups in total. The summed E-state index contributed by atoms with van der Waals surface area (Å²) in [5, 5.41) is 2.99. The van der Waals surface area contributed by atoms with Crippen molar-refractivity contribution >= 4 is 23.4 Å². The summed E-state index contributed by atoms with van der Waals surface area (Å²) < 4.78 is 13.8. The van der Waals surface area contributed by atoms with Crippen molar-refractivity contribution in [2.45, 2.75) is 19.3 Å². The monoisotopic (exact) mass is 310 g/mol. The van der Waals surface area contributed by atoms with Gasteiger partial charge in [-0.15, -0.1) is 0 Å². The maximum Gasteiger partial charge on any atom is 0.258 e. The third-order valence-corrected chi connectivity index (χ3v) is 4.80. The minimum absolute atomic E-state index is 0.0348. The van der Waals surface area contributed by atoms with Crippen molar-refractivity contribution in [2.75, 3.05) is 19.6 Å². The van der Waals surface area contributed by atoms with Gasteiger partial charge in [0.2, 0.25) is 5.91 Å². The van der Waals surface area contributed by atoms with Gasteiger partial charge in [-0.2, -0.15) is 0 Å². The number of halogens is 2. The highest BCUT2D eigenvalue weighted by Gasteiger charge is 2.42. The number of nitrogens with zero attached hydrogens (tertiary/aromatic N) is 1. The van der Waals surface area contributed by atoms with Crippen LogP contribution >= 0.6 is 11.6 Å². The highest BCUT2D eigenvalue weighted by Crippen LogP contribution is 2.38. The van der Waals surface area contributed by atoms with E-state index in [0.29, 0.717) is 26.1 Å². The quantitative estimate of drug-likeness (QED) is 0.864. The van der Waals surface area contributed by atoms with E-state index >= 15 is 0 Å². The fourth-order valence-corrected chi connectivity index (χ4v) is 3.39. The normalized spacial score (nSPS) is 20.7. The van der Waals surface area contributed by atoms with Crippen molar-refractivity contribution < 1.29 is 14.0 Å². The summed E-state index contributed by atoms with van der Waals surface area (Å²) in [6.45, 7) is 1.73. The van der Waals surface area contributed by atoms with E-state index in [1.54, 1.807) is 4.90 Å². The van der Waals surface area contributed by atoms with Gasteiger partial charge in [0.05, 0.1) is 10.6 Å². The molecule has 2 amide bonds. The number of rotatable bonds is 1. The molecule has 2 aliphatic rings. The van der Waals surface area contributed by atoms with E-state index < -0.39 is 5.82 Å². The summed E-state index contributed by atoms with van der Waals surface area (Å²) in [4.78, 5) is 25.4. The fourth-order valence-electron chi connectivity index (χ4n) is 3.15. The standard InChI is InChI=1S/C15H16ClFN2O2/c16-10-2-1-3-11(17)13(10)14(21)19-6-4-15(5-7-19)8-12(20)18-9-15/h1-3H,4-9H2,(H,18,20). The molecule has 1 aromatic carbocycles. The largest absolute Gasteiger partial charge is 0.356 e. The summed E-state index contributed by atoms with van der Waals surface area (Å²) >= 11 is 5.94. The number of carbonyl (C=O) groups excluding carboxylic acids is 2. The molecular formula is C15H16ClFN2O2. The number of hydrogen-bond acceptors (Lipinski definition) is 2. The molecule has 2 saturated heterocycles. The summed E-state index contributed by atoms with van der Waals surface area (Å²) in [5.74, 6) is -0.886. The molecule has 2 fully saturated rings. The number of piperidine rings is 1. The Bertz CT molecular complexity index is 577. The van der Waals surface area contributed by atoms with Gasteiger partial charge in [-0.25, -0.2) is 4.39 Å². The van der Waals surface area contributed by atoms with Crippen molar-refractivity contribution in [3.8, 4) is 0 Å². The van der Waals surface area contributed by atoms with E-state index in [-0.39, 0.29) is 27.8 Å². The number of likely N-dealkylation sites (tertiary alicyclic amines) is 1. The molecule has 4 nitrogen and oxygen atoms in total. The van der Waals surface area contributed by atoms with Gasteiger partial charge in [0.15, 0.2) is 0 Å². The van der Waals surface area contributed by atoms with E-state index in [1.165, 1.54) is 18.2 Å². The van der Waals surface area contributed by atoms with Crippen LogP contribution in [0.15, 0.2) is 18.2 Å². The molecule has 2 heterocycles. The molecule has 2 aliphatic heterocycles. The molecule has 3 rings (SSSR count). The summed E-state index contributed by atoms with van der Waals surface area (Å²) in [5.41, 5.74) is -0.0943. The van der Waals surface area contributed by atoms with Crippen LogP contribution in [0.4, 0.5) is 4.39 Å². The first-order chi connectivity index (χ1) is 10.0. The van der Waals surface area contributed by atoms with Gasteiger partial charge in [0.25, 0.3) is 5.91 Å². The van der Waals surface area contributed by atoms with Gasteiger partial charge < -0.3 is 10.2 Å². The van der Waals surface area contributed by atoms with Crippen LogP contribution in [0.3, 0.4) is 0 Å². The van der Waals surface area contributed by atoms with E-state index in [0.717, 1.165) is 12.8 Å². The number of hydrogen-bond donors (Lipinski definition) is 1. The number of benzene rings is 1. The SMILES string of the molecule is O=C1CC2(CCN(C(=O)c3c(F)cccc3Cl)CC2)CN1. The van der Waals surface area contributed by atoms with Gasteiger partial charge in [0, 0.05) is 26.1 Å². The first kappa shape index (κ1) is 14.3. The molecular weight excluding hydrogens is 295 g/mol. The van der Waals surface area contributed by atoms with Gasteiger partial charge in [0.1, 0.15) is 5.82 Å². The molecule has 0 unspecified atom stereocenters. The minimum atomic E-state index is -0.592. The summed E-state index contributed by atoms with van der Waals surface area (Å²) in [6, 6.07) is 4.24. The van der Waals surface area contributed by atoms with Gasteiger partial charge in [-0.05, 0) is 30.4 Å². The fraction of sp³-hybridized carbons (Fsp3) is 0.467. The van der Waals surface area contributed by atoms with Crippen LogP contribution in [0, 0.1) is 11.2 Å². The average Bonchev–Trinajstić information content (AvgIpc) is 2.80. The van der Waals surface area contributed by atoms with E-state index in [9.17, 15) is 14.0 Å². The Morgan fingerprint density at radius 3 is 2.62 bits per heavy atom. The summed E-state index contributed by atoms with van der Waals surface area (Å²) in [7, 11) is 0. The van der Waals surface area contributed by atoms with Crippen molar-refractivity contribution in [3.63, 3.8) is 0 Å². The van der Waals surface area contributed by atoms with E-state index in [2.05, 4.69) is 5.32 Å². The van der Waals surface area contributed by atoms with Crippen molar-refractivity contribution in [3.05, 3.63) is 34.6 Å². The van der Waals surface area contributed by atoms with Crippen LogP contribution in [0.25, 0.3) is 0 Å². The van der Waals surface area contributed by atoms with Crippen LogP contribution in [0.5, 0.6) is 0 Å². The topological polar surface area (TPSA) is 49.4 Å². The molecule has 0 bridgehead atoms. The number of carbonyl (C=O) groups is 2. The van der Waals surface area contributed by atoms with Crippen LogP contribution in [0.1, 0.15) is 29.6 Å². The Morgan fingerprint density at radius 2 is 2.05 bits per heavy atom. The molecule has 112 valence electrons. The Balaban J connectivity index is 1.72. The molecule has 1 spiro atoms. The molecule has 6 heteroatoms. The molecule has 0 atom stereocenters. The zero-order valence-electron chi connectivity index (χ0n) is 11.5. The Hall–Kier alpha value is -1.62. The first-order valence-electron chi connectivity index (χ1n) is 7.01. The predicted octanol–water partition coefficient (Wildman–Crippen LogP) is 2.22. The Morgan fingerprint density at radius 1 is 1.33 bits per heavy atom. The predicted molar refractivity (Wildman–Crippen MR) is 76.6 cm³/mol. The molecule has 0 aliphatic carbocycles. The lowest BCUT2D eigenvalue weighted by atomic mass is 9.77. The smallest absolute Gasteiger partial charge is 0.258 e. The van der Waals surface area contributed by atoms with Gasteiger partial charge >= 0.3 is 0 Å². The lowest BCUT2D eigenvalue weighted by molar-refractivity contribution is -0.119. The van der Waals surface area contributed by atoms with Crippen molar-refractivity contribution in [2.24, 2.45) is 5.41 Å². The second-order valence-corrected chi connectivity index (χ2v) is 6.25. The molecule has 0 radical (unpaired) electrons. The maximum absolute atomic E-state index is 13.8. The minimum Gasteiger partial charge on any atom is -0.356 e. The third-order valence-electron chi connectivity index (χ3n) is 4.48. The molecule has 1 aromatic rings. The Labute approximate surface area is 127 Å². The van der Waals surface area contributed by atoms with Gasteiger partial charge in [-0.3, -0.25) is 9.59 Å². The molecule has 21 heavy (non-hydrogen) atoms. The number of nitrogens with one attached hydrogen (secondary N) is 1. The molecule has 0 aromatic heterocycles. The second kappa shape index (κ2) is 5.30. The number of amides is 2. The second-order valence-electron chi connectivity index (χ2n) is 5.84. The highest BCUT2D eigenvalue weighted by molar-refractivity contribution is 6.33. The first-order valence-corrected chi connectivity index (χ1v) is 7.39. The third kappa shape index (κ3) is 2.62. The van der Waals surface area contributed by atoms with Crippen LogP contribution < -0.4 is 5.32 Å². The van der Waals surface area contributed by atoms with Crippen LogP contribution in [0.2, 0.25) is 5.02 Å². The zero-order valence-corrected chi connectivity index (χ0v) is 12.3. The zero-order chi connectivity index (χ0) is 15.0. The average molecular weight is 311 g/mol. The highest BCUT2D eigenvalue weighted by atomic mass is 35.5. The maximum atomic E-state index is 13.8. The summed E-state index contributed by atoms with van der Waals surface area (Å²) in [6.07, 6.45) is 2.03. The van der Waals surface area contributed by atoms with Crippen molar-refractivity contribution in [1.29, 1.82) is 0 Å². The van der Waals surface area contributed by atoms with Gasteiger partial charge in [-0.1, -0.05) is 17.7 Å². The van der Waals surface area contributed by atoms with Crippen LogP contribution in [-0.4, -0.2) is 36.3 Å². The van der Waals surface area contributed by atoms with E-state index in [4.69, 9.17) is 11.6 Å². The molecule has 0 saturated carbocycles. The van der Waals surface area contributed by atoms with Crippen LogP contribution in [-0.2, 0) is 4.79 Å². The lowest BCUT2D eigenvalue weighted by Crippen LogP contribution is -2.44. The lowest BCUT2D eigenvalue weighted by Gasteiger charge is -2.38.